The Hall–Kier alpha value is -3.88. The standard InChI is InChI=1S/C22H22N4O5/c1-13-14-7-8-16(29-2)21(30-3)20(14)31-22(28)15(13)12-19(27)23-10-9-18-25-24-17-6-4-5-11-26(17)18/h4-8,11H,9-10,12H2,1-3H3,(H,23,27). The van der Waals surface area contributed by atoms with E-state index in [4.69, 9.17) is 13.9 Å². The Labute approximate surface area is 177 Å². The van der Waals surface area contributed by atoms with Gasteiger partial charge in [0.25, 0.3) is 0 Å². The van der Waals surface area contributed by atoms with Crippen LogP contribution >= 0.6 is 0 Å². The van der Waals surface area contributed by atoms with Gasteiger partial charge in [-0.3, -0.25) is 9.20 Å². The molecule has 0 aliphatic rings. The average molecular weight is 422 g/mol. The number of aromatic nitrogens is 3. The number of fused-ring (bicyclic) bond motifs is 2. The largest absolute Gasteiger partial charge is 0.493 e. The number of ether oxygens (including phenoxy) is 2. The molecule has 0 fully saturated rings. The molecule has 0 spiro atoms. The maximum Gasteiger partial charge on any atom is 0.340 e. The molecule has 0 aliphatic carbocycles. The summed E-state index contributed by atoms with van der Waals surface area (Å²) in [6, 6.07) is 9.17. The Balaban J connectivity index is 1.50. The van der Waals surface area contributed by atoms with E-state index in [1.165, 1.54) is 14.2 Å². The molecule has 4 aromatic rings. The Bertz CT molecular complexity index is 1320. The Morgan fingerprint density at radius 3 is 2.77 bits per heavy atom. The minimum Gasteiger partial charge on any atom is -0.493 e. The van der Waals surface area contributed by atoms with Gasteiger partial charge < -0.3 is 19.2 Å². The van der Waals surface area contributed by atoms with Crippen LogP contribution in [0.3, 0.4) is 0 Å². The fourth-order valence-corrected chi connectivity index (χ4v) is 3.57. The third-order valence-corrected chi connectivity index (χ3v) is 5.19. The van der Waals surface area contributed by atoms with Crippen LogP contribution in [-0.4, -0.2) is 41.3 Å². The summed E-state index contributed by atoms with van der Waals surface area (Å²) < 4.78 is 18.0. The second kappa shape index (κ2) is 8.47. The van der Waals surface area contributed by atoms with Crippen molar-refractivity contribution in [2.24, 2.45) is 0 Å². The molecule has 0 atom stereocenters. The van der Waals surface area contributed by atoms with Crippen molar-refractivity contribution in [3.63, 3.8) is 0 Å². The lowest BCUT2D eigenvalue weighted by Crippen LogP contribution is -2.29. The van der Waals surface area contributed by atoms with Crippen LogP contribution in [0.25, 0.3) is 16.6 Å². The van der Waals surface area contributed by atoms with Crippen LogP contribution in [0.1, 0.15) is 17.0 Å². The van der Waals surface area contributed by atoms with Crippen LogP contribution in [0.15, 0.2) is 45.7 Å². The predicted molar refractivity (Wildman–Crippen MR) is 114 cm³/mol. The summed E-state index contributed by atoms with van der Waals surface area (Å²) in [5.74, 6) is 1.28. The molecule has 1 N–H and O–H groups in total. The van der Waals surface area contributed by atoms with Gasteiger partial charge in [-0.15, -0.1) is 10.2 Å². The fraction of sp³-hybridized carbons (Fsp3) is 0.273. The Morgan fingerprint density at radius 1 is 1.16 bits per heavy atom. The highest BCUT2D eigenvalue weighted by Crippen LogP contribution is 2.36. The second-order valence-corrected chi connectivity index (χ2v) is 6.99. The second-order valence-electron chi connectivity index (χ2n) is 6.99. The minimum absolute atomic E-state index is 0.0843. The summed E-state index contributed by atoms with van der Waals surface area (Å²) >= 11 is 0. The van der Waals surface area contributed by atoms with Gasteiger partial charge >= 0.3 is 5.63 Å². The molecular formula is C22H22N4O5. The van der Waals surface area contributed by atoms with E-state index in [0.717, 1.165) is 11.5 Å². The summed E-state index contributed by atoms with van der Waals surface area (Å²) in [4.78, 5) is 25.1. The van der Waals surface area contributed by atoms with E-state index in [0.29, 0.717) is 46.6 Å². The summed E-state index contributed by atoms with van der Waals surface area (Å²) in [5, 5.41) is 11.8. The Kier molecular flexibility index (Phi) is 5.57. The molecule has 3 aromatic heterocycles. The van der Waals surface area contributed by atoms with Gasteiger partial charge in [0.15, 0.2) is 17.0 Å². The molecular weight excluding hydrogens is 400 g/mol. The van der Waals surface area contributed by atoms with Gasteiger partial charge in [-0.25, -0.2) is 4.79 Å². The number of nitrogens with zero attached hydrogens (tertiary/aromatic N) is 3. The number of rotatable bonds is 7. The van der Waals surface area contributed by atoms with Crippen LogP contribution in [0.2, 0.25) is 0 Å². The molecule has 0 radical (unpaired) electrons. The normalized spacial score (nSPS) is 11.1. The van der Waals surface area contributed by atoms with Crippen LogP contribution in [-0.2, 0) is 17.6 Å². The number of amides is 1. The van der Waals surface area contributed by atoms with Gasteiger partial charge in [0.1, 0.15) is 5.82 Å². The first-order chi connectivity index (χ1) is 15.0. The van der Waals surface area contributed by atoms with E-state index < -0.39 is 5.63 Å². The Morgan fingerprint density at radius 2 is 2.00 bits per heavy atom. The summed E-state index contributed by atoms with van der Waals surface area (Å²) in [7, 11) is 2.99. The number of pyridine rings is 1. The molecule has 31 heavy (non-hydrogen) atoms. The molecule has 1 aromatic carbocycles. The van der Waals surface area contributed by atoms with E-state index in [1.54, 1.807) is 19.1 Å². The quantitative estimate of drug-likeness (QED) is 0.454. The molecule has 4 rings (SSSR count). The van der Waals surface area contributed by atoms with Crippen molar-refractivity contribution in [2.75, 3.05) is 20.8 Å². The highest BCUT2D eigenvalue weighted by molar-refractivity contribution is 5.89. The van der Waals surface area contributed by atoms with Crippen LogP contribution in [0.4, 0.5) is 0 Å². The average Bonchev–Trinajstić information content (AvgIpc) is 3.19. The first kappa shape index (κ1) is 20.4. The maximum atomic E-state index is 12.6. The zero-order chi connectivity index (χ0) is 22.0. The highest BCUT2D eigenvalue weighted by Gasteiger charge is 2.19. The van der Waals surface area contributed by atoms with Crippen molar-refractivity contribution in [1.29, 1.82) is 0 Å². The SMILES string of the molecule is COc1ccc2c(C)c(CC(=O)NCCc3nnc4ccccn34)c(=O)oc2c1OC. The fourth-order valence-electron chi connectivity index (χ4n) is 3.57. The zero-order valence-corrected chi connectivity index (χ0v) is 17.5. The van der Waals surface area contributed by atoms with Crippen molar-refractivity contribution in [3.8, 4) is 11.5 Å². The lowest BCUT2D eigenvalue weighted by molar-refractivity contribution is -0.120. The number of benzene rings is 1. The molecule has 9 nitrogen and oxygen atoms in total. The molecule has 1 amide bonds. The van der Waals surface area contributed by atoms with E-state index in [2.05, 4.69) is 15.5 Å². The molecule has 0 saturated carbocycles. The molecule has 0 bridgehead atoms. The smallest absolute Gasteiger partial charge is 0.340 e. The molecule has 160 valence electrons. The summed E-state index contributed by atoms with van der Waals surface area (Å²) in [6.45, 7) is 2.16. The highest BCUT2D eigenvalue weighted by atomic mass is 16.5. The van der Waals surface area contributed by atoms with E-state index >= 15 is 0 Å². The monoisotopic (exact) mass is 422 g/mol. The minimum atomic E-state index is -0.574. The number of aryl methyl sites for hydroxylation is 1. The summed E-state index contributed by atoms with van der Waals surface area (Å²) in [5.41, 5.74) is 1.46. The molecule has 3 heterocycles. The van der Waals surface area contributed by atoms with Crippen molar-refractivity contribution >= 4 is 22.5 Å². The van der Waals surface area contributed by atoms with E-state index in [1.807, 2.05) is 28.8 Å². The number of carbonyl (C=O) groups is 1. The number of carbonyl (C=O) groups excluding carboxylic acids is 1. The number of hydrogen-bond donors (Lipinski definition) is 1. The third kappa shape index (κ3) is 3.81. The lowest BCUT2D eigenvalue weighted by Gasteiger charge is -2.12. The summed E-state index contributed by atoms with van der Waals surface area (Å²) in [6.07, 6.45) is 2.30. The molecule has 0 saturated heterocycles. The van der Waals surface area contributed by atoms with Gasteiger partial charge in [-0.2, -0.15) is 0 Å². The topological polar surface area (TPSA) is 108 Å². The number of nitrogens with one attached hydrogen (secondary N) is 1. The van der Waals surface area contributed by atoms with Gasteiger partial charge in [0, 0.05) is 24.5 Å². The zero-order valence-electron chi connectivity index (χ0n) is 17.5. The van der Waals surface area contributed by atoms with Crippen molar-refractivity contribution in [2.45, 2.75) is 19.8 Å². The predicted octanol–water partition coefficient (Wildman–Crippen LogP) is 2.06. The number of methoxy groups -OCH3 is 2. The van der Waals surface area contributed by atoms with Crippen LogP contribution in [0.5, 0.6) is 11.5 Å². The van der Waals surface area contributed by atoms with E-state index in [9.17, 15) is 9.59 Å². The molecule has 0 unspecified atom stereocenters. The third-order valence-electron chi connectivity index (χ3n) is 5.19. The number of hydrogen-bond acceptors (Lipinski definition) is 7. The van der Waals surface area contributed by atoms with Gasteiger partial charge in [-0.1, -0.05) is 6.07 Å². The molecule has 9 heteroatoms. The van der Waals surface area contributed by atoms with Gasteiger partial charge in [-0.05, 0) is 36.8 Å². The van der Waals surface area contributed by atoms with Crippen LogP contribution in [0, 0.1) is 6.92 Å². The first-order valence-electron chi connectivity index (χ1n) is 9.76. The van der Waals surface area contributed by atoms with Crippen molar-refractivity contribution in [3.05, 3.63) is 63.9 Å². The molecule has 0 aliphatic heterocycles. The lowest BCUT2D eigenvalue weighted by atomic mass is 10.0. The van der Waals surface area contributed by atoms with Gasteiger partial charge in [0.2, 0.25) is 11.7 Å². The van der Waals surface area contributed by atoms with Crippen molar-refractivity contribution < 1.29 is 18.7 Å². The van der Waals surface area contributed by atoms with Crippen LogP contribution < -0.4 is 20.4 Å². The first-order valence-corrected chi connectivity index (χ1v) is 9.76. The van der Waals surface area contributed by atoms with E-state index in [-0.39, 0.29) is 12.3 Å². The maximum absolute atomic E-state index is 12.6. The van der Waals surface area contributed by atoms with Crippen molar-refractivity contribution in [1.82, 2.24) is 19.9 Å². The van der Waals surface area contributed by atoms with Gasteiger partial charge in [0.05, 0.1) is 26.2 Å².